The SMILES string of the molecule is CN(Cc1cccc(C#N)c1)CC1(CO)CCC1. The van der Waals surface area contributed by atoms with Crippen molar-refractivity contribution in [2.24, 2.45) is 5.41 Å². The number of hydrogen-bond acceptors (Lipinski definition) is 3. The number of benzene rings is 1. The van der Waals surface area contributed by atoms with Crippen molar-refractivity contribution in [2.45, 2.75) is 25.8 Å². The predicted molar refractivity (Wildman–Crippen MR) is 70.9 cm³/mol. The molecule has 1 aromatic carbocycles. The predicted octanol–water partition coefficient (Wildman–Crippen LogP) is 2.15. The summed E-state index contributed by atoms with van der Waals surface area (Å²) in [6.07, 6.45) is 3.50. The summed E-state index contributed by atoms with van der Waals surface area (Å²) in [5, 5.41) is 18.3. The van der Waals surface area contributed by atoms with Gasteiger partial charge in [0.05, 0.1) is 11.6 Å². The van der Waals surface area contributed by atoms with Crippen molar-refractivity contribution < 1.29 is 5.11 Å². The Kier molecular flexibility index (Phi) is 4.00. The Morgan fingerprint density at radius 3 is 2.78 bits per heavy atom. The first-order chi connectivity index (χ1) is 8.67. The summed E-state index contributed by atoms with van der Waals surface area (Å²) in [6, 6.07) is 9.89. The molecule has 1 aromatic rings. The molecule has 1 fully saturated rings. The summed E-state index contributed by atoms with van der Waals surface area (Å²) in [7, 11) is 2.08. The van der Waals surface area contributed by atoms with Crippen molar-refractivity contribution in [1.82, 2.24) is 4.90 Å². The van der Waals surface area contributed by atoms with Crippen LogP contribution in [0.25, 0.3) is 0 Å². The van der Waals surface area contributed by atoms with Gasteiger partial charge in [0.1, 0.15) is 0 Å². The molecule has 0 unspecified atom stereocenters. The molecule has 0 aromatic heterocycles. The zero-order valence-electron chi connectivity index (χ0n) is 10.9. The molecule has 0 amide bonds. The van der Waals surface area contributed by atoms with E-state index in [0.717, 1.165) is 31.5 Å². The lowest BCUT2D eigenvalue weighted by Crippen LogP contribution is -2.43. The molecule has 1 saturated carbocycles. The second kappa shape index (κ2) is 5.51. The number of hydrogen-bond donors (Lipinski definition) is 1. The lowest BCUT2D eigenvalue weighted by molar-refractivity contribution is 0.0127. The number of nitriles is 1. The van der Waals surface area contributed by atoms with Gasteiger partial charge in [0.2, 0.25) is 0 Å². The van der Waals surface area contributed by atoms with Crippen LogP contribution in [-0.2, 0) is 6.54 Å². The Balaban J connectivity index is 1.94. The Morgan fingerprint density at radius 2 is 2.22 bits per heavy atom. The number of nitrogens with zero attached hydrogens (tertiary/aromatic N) is 2. The van der Waals surface area contributed by atoms with Gasteiger partial charge in [0.15, 0.2) is 0 Å². The standard InChI is InChI=1S/C15H20N2O/c1-17(11-15(12-18)6-3-7-15)10-14-5-2-4-13(8-14)9-16/h2,4-5,8,18H,3,6-7,10-12H2,1H3. The van der Waals surface area contributed by atoms with E-state index in [-0.39, 0.29) is 12.0 Å². The van der Waals surface area contributed by atoms with Crippen molar-refractivity contribution in [3.63, 3.8) is 0 Å². The van der Waals surface area contributed by atoms with E-state index in [1.807, 2.05) is 24.3 Å². The number of aliphatic hydroxyl groups is 1. The van der Waals surface area contributed by atoms with Gasteiger partial charge in [-0.05, 0) is 37.6 Å². The topological polar surface area (TPSA) is 47.3 Å². The van der Waals surface area contributed by atoms with Crippen molar-refractivity contribution in [2.75, 3.05) is 20.2 Å². The maximum absolute atomic E-state index is 9.46. The zero-order chi connectivity index (χ0) is 13.0. The minimum absolute atomic E-state index is 0.127. The van der Waals surface area contributed by atoms with Crippen LogP contribution in [0.15, 0.2) is 24.3 Å². The third kappa shape index (κ3) is 2.90. The molecular formula is C15H20N2O. The van der Waals surface area contributed by atoms with E-state index >= 15 is 0 Å². The van der Waals surface area contributed by atoms with Gasteiger partial charge in [-0.25, -0.2) is 0 Å². The lowest BCUT2D eigenvalue weighted by atomic mass is 9.69. The quantitative estimate of drug-likeness (QED) is 0.863. The van der Waals surface area contributed by atoms with E-state index in [9.17, 15) is 5.11 Å². The molecule has 1 aliphatic rings. The second-order valence-electron chi connectivity index (χ2n) is 5.50. The van der Waals surface area contributed by atoms with Crippen LogP contribution >= 0.6 is 0 Å². The molecule has 0 atom stereocenters. The summed E-state index contributed by atoms with van der Waals surface area (Å²) < 4.78 is 0. The molecule has 0 heterocycles. The molecule has 0 radical (unpaired) electrons. The summed E-state index contributed by atoms with van der Waals surface area (Å²) in [5.41, 5.74) is 1.99. The fraction of sp³-hybridized carbons (Fsp3) is 0.533. The normalized spacial score (nSPS) is 17.2. The van der Waals surface area contributed by atoms with Crippen LogP contribution in [0.1, 0.15) is 30.4 Å². The van der Waals surface area contributed by atoms with Gasteiger partial charge in [0.25, 0.3) is 0 Å². The van der Waals surface area contributed by atoms with Crippen molar-refractivity contribution in [1.29, 1.82) is 5.26 Å². The minimum atomic E-state index is 0.127. The fourth-order valence-corrected chi connectivity index (χ4v) is 2.72. The Morgan fingerprint density at radius 1 is 1.44 bits per heavy atom. The first kappa shape index (κ1) is 13.1. The van der Waals surface area contributed by atoms with E-state index in [0.29, 0.717) is 5.56 Å². The Labute approximate surface area is 109 Å². The first-order valence-electron chi connectivity index (χ1n) is 6.46. The van der Waals surface area contributed by atoms with E-state index < -0.39 is 0 Å². The largest absolute Gasteiger partial charge is 0.396 e. The summed E-state index contributed by atoms with van der Waals surface area (Å²) >= 11 is 0. The highest BCUT2D eigenvalue weighted by Gasteiger charge is 2.37. The molecule has 3 heteroatoms. The molecule has 1 N–H and O–H groups in total. The highest BCUT2D eigenvalue weighted by atomic mass is 16.3. The molecule has 2 rings (SSSR count). The van der Waals surface area contributed by atoms with Crippen LogP contribution < -0.4 is 0 Å². The number of rotatable bonds is 5. The third-order valence-electron chi connectivity index (χ3n) is 3.86. The summed E-state index contributed by atoms with van der Waals surface area (Å²) in [6.45, 7) is 2.05. The lowest BCUT2D eigenvalue weighted by Gasteiger charge is -2.43. The van der Waals surface area contributed by atoms with Crippen LogP contribution in [-0.4, -0.2) is 30.2 Å². The molecule has 18 heavy (non-hydrogen) atoms. The van der Waals surface area contributed by atoms with E-state index in [2.05, 4.69) is 18.0 Å². The number of aliphatic hydroxyl groups excluding tert-OH is 1. The smallest absolute Gasteiger partial charge is 0.0991 e. The minimum Gasteiger partial charge on any atom is -0.396 e. The molecule has 0 bridgehead atoms. The molecule has 0 spiro atoms. The molecular weight excluding hydrogens is 224 g/mol. The summed E-state index contributed by atoms with van der Waals surface area (Å²) in [4.78, 5) is 2.24. The molecule has 0 saturated heterocycles. The maximum atomic E-state index is 9.46. The van der Waals surface area contributed by atoms with Gasteiger partial charge >= 0.3 is 0 Å². The Hall–Kier alpha value is -1.37. The fourth-order valence-electron chi connectivity index (χ4n) is 2.72. The molecule has 3 nitrogen and oxygen atoms in total. The van der Waals surface area contributed by atoms with Crippen LogP contribution in [0, 0.1) is 16.7 Å². The van der Waals surface area contributed by atoms with E-state index in [4.69, 9.17) is 5.26 Å². The molecule has 1 aliphatic carbocycles. The van der Waals surface area contributed by atoms with Crippen LogP contribution in [0.2, 0.25) is 0 Å². The molecule has 96 valence electrons. The first-order valence-corrected chi connectivity index (χ1v) is 6.46. The average molecular weight is 244 g/mol. The third-order valence-corrected chi connectivity index (χ3v) is 3.86. The van der Waals surface area contributed by atoms with Gasteiger partial charge in [-0.3, -0.25) is 0 Å². The Bertz CT molecular complexity index is 441. The van der Waals surface area contributed by atoms with Crippen LogP contribution in [0.3, 0.4) is 0 Å². The summed E-state index contributed by atoms with van der Waals surface area (Å²) in [5.74, 6) is 0. The van der Waals surface area contributed by atoms with Gasteiger partial charge in [0, 0.05) is 25.1 Å². The highest BCUT2D eigenvalue weighted by molar-refractivity contribution is 5.32. The zero-order valence-corrected chi connectivity index (χ0v) is 10.9. The van der Waals surface area contributed by atoms with Crippen molar-refractivity contribution in [3.05, 3.63) is 35.4 Å². The second-order valence-corrected chi connectivity index (χ2v) is 5.50. The van der Waals surface area contributed by atoms with Crippen molar-refractivity contribution in [3.8, 4) is 6.07 Å². The van der Waals surface area contributed by atoms with Gasteiger partial charge in [-0.2, -0.15) is 5.26 Å². The van der Waals surface area contributed by atoms with Crippen LogP contribution in [0.5, 0.6) is 0 Å². The highest BCUT2D eigenvalue weighted by Crippen LogP contribution is 2.40. The maximum Gasteiger partial charge on any atom is 0.0991 e. The average Bonchev–Trinajstić information content (AvgIpc) is 2.34. The van der Waals surface area contributed by atoms with Crippen LogP contribution in [0.4, 0.5) is 0 Å². The van der Waals surface area contributed by atoms with E-state index in [1.165, 1.54) is 6.42 Å². The van der Waals surface area contributed by atoms with Crippen molar-refractivity contribution >= 4 is 0 Å². The van der Waals surface area contributed by atoms with E-state index in [1.54, 1.807) is 0 Å². The van der Waals surface area contributed by atoms with Gasteiger partial charge in [-0.1, -0.05) is 18.6 Å². The van der Waals surface area contributed by atoms with Gasteiger partial charge < -0.3 is 10.0 Å². The monoisotopic (exact) mass is 244 g/mol. The molecule has 0 aliphatic heterocycles. The van der Waals surface area contributed by atoms with Gasteiger partial charge in [-0.15, -0.1) is 0 Å².